The van der Waals surface area contributed by atoms with Crippen molar-refractivity contribution in [2.24, 2.45) is 5.16 Å². The summed E-state index contributed by atoms with van der Waals surface area (Å²) in [7, 11) is 2.14. The standard InChI is InChI=1S/C29H38ClN7O/c1-36-16-10-23(11-17-36)33-29(35-38)22-8-6-21(7-9-22)26-18-27(24-19-31-20-25(30)28(24)34-26)32-12-5-15-37-13-3-2-4-14-37/h6-9,18-20,23,38H,2-5,10-17H2,1H3,(H,32,34)(H,33,35). The Hall–Kier alpha value is -2.94. The van der Waals surface area contributed by atoms with Gasteiger partial charge < -0.3 is 25.6 Å². The maximum Gasteiger partial charge on any atom is 0.172 e. The monoisotopic (exact) mass is 535 g/mol. The molecule has 3 aromatic rings. The van der Waals surface area contributed by atoms with Crippen LogP contribution in [0.3, 0.4) is 0 Å². The highest BCUT2D eigenvalue weighted by Gasteiger charge is 2.19. The van der Waals surface area contributed by atoms with Gasteiger partial charge in [-0.3, -0.25) is 4.98 Å². The molecule has 0 radical (unpaired) electrons. The van der Waals surface area contributed by atoms with E-state index in [0.717, 1.165) is 78.9 Å². The fraction of sp³-hybridized carbons (Fsp3) is 0.483. The van der Waals surface area contributed by atoms with Crippen molar-refractivity contribution < 1.29 is 5.21 Å². The van der Waals surface area contributed by atoms with E-state index in [9.17, 15) is 5.21 Å². The molecule has 0 atom stereocenters. The number of aromatic nitrogens is 2. The first kappa shape index (κ1) is 26.7. The third-order valence-corrected chi connectivity index (χ3v) is 7.98. The largest absolute Gasteiger partial charge is 0.409 e. The van der Waals surface area contributed by atoms with Gasteiger partial charge in [-0.15, -0.1) is 0 Å². The van der Waals surface area contributed by atoms with Crippen molar-refractivity contribution in [2.45, 2.75) is 44.6 Å². The Balaban J connectivity index is 1.31. The van der Waals surface area contributed by atoms with Crippen molar-refractivity contribution in [3.63, 3.8) is 0 Å². The molecule has 0 spiro atoms. The molecule has 9 heteroatoms. The number of hydrogen-bond donors (Lipinski definition) is 3. The lowest BCUT2D eigenvalue weighted by Gasteiger charge is -2.30. The SMILES string of the molecule is CN1CCC(NC(=NO)c2ccc(-c3cc(NCCCN4CCCCC4)c4cncc(Cl)c4n3)cc2)CC1. The maximum absolute atomic E-state index is 9.69. The van der Waals surface area contributed by atoms with E-state index in [1.807, 2.05) is 30.5 Å². The number of rotatable bonds is 8. The minimum Gasteiger partial charge on any atom is -0.409 e. The molecule has 0 amide bonds. The topological polar surface area (TPSA) is 88.9 Å². The molecule has 38 heavy (non-hydrogen) atoms. The smallest absolute Gasteiger partial charge is 0.172 e. The summed E-state index contributed by atoms with van der Waals surface area (Å²) < 4.78 is 0. The number of benzene rings is 1. The van der Waals surface area contributed by atoms with Crippen LogP contribution in [0.25, 0.3) is 22.2 Å². The second-order valence-electron chi connectivity index (χ2n) is 10.5. The number of nitrogens with zero attached hydrogens (tertiary/aromatic N) is 5. The van der Waals surface area contributed by atoms with Gasteiger partial charge in [0.1, 0.15) is 0 Å². The lowest BCUT2D eigenvalue weighted by molar-refractivity contribution is 0.228. The van der Waals surface area contributed by atoms with E-state index in [2.05, 4.69) is 43.7 Å². The van der Waals surface area contributed by atoms with Gasteiger partial charge in [0.15, 0.2) is 5.84 Å². The van der Waals surface area contributed by atoms with Gasteiger partial charge in [0.05, 0.1) is 16.2 Å². The van der Waals surface area contributed by atoms with Crippen molar-refractivity contribution in [3.05, 3.63) is 53.3 Å². The molecular formula is C29H38ClN7O. The van der Waals surface area contributed by atoms with Crippen molar-refractivity contribution in [1.29, 1.82) is 0 Å². The Morgan fingerprint density at radius 1 is 1.08 bits per heavy atom. The Kier molecular flexibility index (Phi) is 8.94. The lowest BCUT2D eigenvalue weighted by Crippen LogP contribution is -2.43. The zero-order valence-corrected chi connectivity index (χ0v) is 22.9. The molecule has 8 nitrogen and oxygen atoms in total. The number of piperidine rings is 2. The summed E-state index contributed by atoms with van der Waals surface area (Å²) in [6.45, 7) is 6.50. The van der Waals surface area contributed by atoms with Crippen molar-refractivity contribution in [1.82, 2.24) is 25.1 Å². The molecule has 0 aliphatic carbocycles. The van der Waals surface area contributed by atoms with Crippen LogP contribution in [0.5, 0.6) is 0 Å². The normalized spacial score (nSPS) is 18.1. The van der Waals surface area contributed by atoms with E-state index in [1.54, 1.807) is 6.20 Å². The number of likely N-dealkylation sites (tertiary alicyclic amines) is 2. The third kappa shape index (κ3) is 6.54. The summed E-state index contributed by atoms with van der Waals surface area (Å²) in [5.74, 6) is 0.503. The highest BCUT2D eigenvalue weighted by molar-refractivity contribution is 6.35. The number of oxime groups is 1. The molecule has 0 bridgehead atoms. The zero-order valence-electron chi connectivity index (χ0n) is 22.2. The van der Waals surface area contributed by atoms with Crippen LogP contribution < -0.4 is 10.6 Å². The fourth-order valence-electron chi connectivity index (χ4n) is 5.42. The minimum absolute atomic E-state index is 0.304. The Labute approximate surface area is 230 Å². The fourth-order valence-corrected chi connectivity index (χ4v) is 5.62. The van der Waals surface area contributed by atoms with Gasteiger partial charge in [-0.1, -0.05) is 47.4 Å². The first-order valence-electron chi connectivity index (χ1n) is 13.8. The molecule has 1 aromatic carbocycles. The highest BCUT2D eigenvalue weighted by Crippen LogP contribution is 2.31. The van der Waals surface area contributed by atoms with E-state index in [0.29, 0.717) is 16.9 Å². The first-order valence-corrected chi connectivity index (χ1v) is 14.2. The molecular weight excluding hydrogens is 498 g/mol. The van der Waals surface area contributed by atoms with Crippen LogP contribution in [-0.2, 0) is 0 Å². The summed E-state index contributed by atoms with van der Waals surface area (Å²) in [6, 6.07) is 10.4. The quantitative estimate of drug-likeness (QED) is 0.122. The lowest BCUT2D eigenvalue weighted by atomic mass is 10.0. The summed E-state index contributed by atoms with van der Waals surface area (Å²) in [5.41, 5.74) is 4.37. The molecule has 5 rings (SSSR count). The third-order valence-electron chi connectivity index (χ3n) is 7.71. The summed E-state index contributed by atoms with van der Waals surface area (Å²) in [5, 5.41) is 21.7. The molecule has 2 saturated heterocycles. The van der Waals surface area contributed by atoms with E-state index in [4.69, 9.17) is 16.6 Å². The zero-order chi connectivity index (χ0) is 26.3. The van der Waals surface area contributed by atoms with Crippen LogP contribution in [-0.4, -0.2) is 83.2 Å². The molecule has 2 aliphatic rings. The number of fused-ring (bicyclic) bond motifs is 1. The average Bonchev–Trinajstić information content (AvgIpc) is 2.96. The predicted molar refractivity (Wildman–Crippen MR) is 155 cm³/mol. The van der Waals surface area contributed by atoms with Crippen molar-refractivity contribution in [2.75, 3.05) is 51.6 Å². The second kappa shape index (κ2) is 12.7. The summed E-state index contributed by atoms with van der Waals surface area (Å²) >= 11 is 6.52. The number of pyridine rings is 2. The Morgan fingerprint density at radius 2 is 1.84 bits per heavy atom. The summed E-state index contributed by atoms with van der Waals surface area (Å²) in [6.07, 6.45) is 10.6. The molecule has 2 fully saturated rings. The minimum atomic E-state index is 0.304. The van der Waals surface area contributed by atoms with Gasteiger partial charge in [-0.05, 0) is 77.9 Å². The number of anilines is 1. The predicted octanol–water partition coefficient (Wildman–Crippen LogP) is 5.06. The average molecular weight is 536 g/mol. The van der Waals surface area contributed by atoms with Crippen LogP contribution in [0.2, 0.25) is 5.02 Å². The van der Waals surface area contributed by atoms with Gasteiger partial charge in [-0.2, -0.15) is 0 Å². The molecule has 0 unspecified atom stereocenters. The van der Waals surface area contributed by atoms with Crippen LogP contribution in [0, 0.1) is 0 Å². The first-order chi connectivity index (χ1) is 18.6. The molecule has 0 saturated carbocycles. The van der Waals surface area contributed by atoms with Crippen LogP contribution in [0.1, 0.15) is 44.1 Å². The van der Waals surface area contributed by atoms with Crippen molar-refractivity contribution >= 4 is 34.0 Å². The van der Waals surface area contributed by atoms with E-state index < -0.39 is 0 Å². The van der Waals surface area contributed by atoms with Crippen molar-refractivity contribution in [3.8, 4) is 11.3 Å². The summed E-state index contributed by atoms with van der Waals surface area (Å²) in [4.78, 5) is 14.1. The van der Waals surface area contributed by atoms with E-state index >= 15 is 0 Å². The molecule has 3 N–H and O–H groups in total. The van der Waals surface area contributed by atoms with Gasteiger partial charge in [0.25, 0.3) is 0 Å². The van der Waals surface area contributed by atoms with Crippen LogP contribution in [0.15, 0.2) is 47.9 Å². The van der Waals surface area contributed by atoms with Crippen LogP contribution in [0.4, 0.5) is 5.69 Å². The molecule has 2 aromatic heterocycles. The van der Waals surface area contributed by atoms with E-state index in [-0.39, 0.29) is 0 Å². The van der Waals surface area contributed by atoms with Gasteiger partial charge in [0.2, 0.25) is 0 Å². The number of nitrogens with one attached hydrogen (secondary N) is 2. The highest BCUT2D eigenvalue weighted by atomic mass is 35.5. The number of halogens is 1. The maximum atomic E-state index is 9.69. The molecule has 4 heterocycles. The number of amidine groups is 1. The molecule has 202 valence electrons. The number of hydrogen-bond acceptors (Lipinski definition) is 7. The van der Waals surface area contributed by atoms with Gasteiger partial charge >= 0.3 is 0 Å². The second-order valence-corrected chi connectivity index (χ2v) is 10.9. The Bertz CT molecular complexity index is 1240. The van der Waals surface area contributed by atoms with Gasteiger partial charge in [-0.25, -0.2) is 4.98 Å². The van der Waals surface area contributed by atoms with Gasteiger partial charge in [0, 0.05) is 47.2 Å². The molecule has 2 aliphatic heterocycles. The van der Waals surface area contributed by atoms with Crippen LogP contribution >= 0.6 is 11.6 Å². The Morgan fingerprint density at radius 3 is 2.58 bits per heavy atom. The van der Waals surface area contributed by atoms with E-state index in [1.165, 1.54) is 32.4 Å².